The van der Waals surface area contributed by atoms with Crippen LogP contribution in [0.3, 0.4) is 0 Å². The van der Waals surface area contributed by atoms with E-state index in [0.717, 1.165) is 19.3 Å². The van der Waals surface area contributed by atoms with Crippen molar-refractivity contribution in [1.82, 2.24) is 9.80 Å². The molecule has 3 unspecified atom stereocenters. The van der Waals surface area contributed by atoms with Gasteiger partial charge in [0.15, 0.2) is 0 Å². The van der Waals surface area contributed by atoms with E-state index in [2.05, 4.69) is 0 Å². The third-order valence-electron chi connectivity index (χ3n) is 4.53. The summed E-state index contributed by atoms with van der Waals surface area (Å²) in [5.41, 5.74) is 0. The predicted octanol–water partition coefficient (Wildman–Crippen LogP) is 0.996. The van der Waals surface area contributed by atoms with Crippen LogP contribution in [0.5, 0.6) is 0 Å². The second-order valence-electron chi connectivity index (χ2n) is 5.99. The molecular weight excluding hydrogens is 260 g/mol. The van der Waals surface area contributed by atoms with E-state index >= 15 is 0 Å². The summed E-state index contributed by atoms with van der Waals surface area (Å²) in [5.74, 6) is -0.563. The normalized spacial score (nSPS) is 30.6. The van der Waals surface area contributed by atoms with Crippen molar-refractivity contribution >= 4 is 12.0 Å². The van der Waals surface area contributed by atoms with Gasteiger partial charge < -0.3 is 20.0 Å². The molecule has 2 aliphatic rings. The molecule has 3 atom stereocenters. The van der Waals surface area contributed by atoms with Gasteiger partial charge in [0.1, 0.15) is 6.04 Å². The van der Waals surface area contributed by atoms with E-state index in [0.29, 0.717) is 32.0 Å². The molecule has 0 aromatic rings. The van der Waals surface area contributed by atoms with Crippen LogP contribution in [0.4, 0.5) is 4.79 Å². The molecule has 2 N–H and O–H groups in total. The number of carbonyl (C=O) groups excluding carboxylic acids is 1. The second kappa shape index (κ2) is 6.43. The number of aliphatic carboxylic acids is 1. The number of carboxylic acid groups (broad SMARTS) is 1. The Morgan fingerprint density at radius 3 is 2.65 bits per heavy atom. The Morgan fingerprint density at radius 1 is 1.25 bits per heavy atom. The third kappa shape index (κ3) is 3.06. The topological polar surface area (TPSA) is 81.1 Å². The summed E-state index contributed by atoms with van der Waals surface area (Å²) in [6.07, 6.45) is 3.33. The summed E-state index contributed by atoms with van der Waals surface area (Å²) >= 11 is 0. The van der Waals surface area contributed by atoms with E-state index in [1.807, 2.05) is 6.92 Å². The fraction of sp³-hybridized carbons (Fsp3) is 0.857. The van der Waals surface area contributed by atoms with E-state index in [1.54, 1.807) is 4.90 Å². The van der Waals surface area contributed by atoms with Crippen LogP contribution in [0.1, 0.15) is 32.6 Å². The fourth-order valence-electron chi connectivity index (χ4n) is 3.39. The Morgan fingerprint density at radius 2 is 2.00 bits per heavy atom. The molecule has 0 spiro atoms. The standard InChI is InChI=1S/C14H24N2O4/c1-10-3-2-6-16(12(10)13(18)19)14(20)15-7-4-11(9-15)5-8-17/h10-12,17H,2-9H2,1H3,(H,18,19). The molecule has 0 aromatic heterocycles. The van der Waals surface area contributed by atoms with Gasteiger partial charge in [-0.05, 0) is 37.5 Å². The average molecular weight is 284 g/mol. The zero-order valence-electron chi connectivity index (χ0n) is 12.0. The molecule has 114 valence electrons. The van der Waals surface area contributed by atoms with Crippen LogP contribution in [-0.2, 0) is 4.79 Å². The number of piperidine rings is 1. The summed E-state index contributed by atoms with van der Waals surface area (Å²) in [6, 6.07) is -0.850. The van der Waals surface area contributed by atoms with E-state index in [4.69, 9.17) is 5.11 Å². The molecule has 6 nitrogen and oxygen atoms in total. The molecule has 2 rings (SSSR count). The van der Waals surface area contributed by atoms with Crippen LogP contribution >= 0.6 is 0 Å². The Labute approximate surface area is 119 Å². The largest absolute Gasteiger partial charge is 0.480 e. The molecule has 20 heavy (non-hydrogen) atoms. The average Bonchev–Trinajstić information content (AvgIpc) is 2.86. The molecule has 0 bridgehead atoms. The van der Waals surface area contributed by atoms with Crippen LogP contribution < -0.4 is 0 Å². The number of likely N-dealkylation sites (tertiary alicyclic amines) is 2. The maximum atomic E-state index is 12.5. The molecule has 2 amide bonds. The first kappa shape index (κ1) is 15.1. The van der Waals surface area contributed by atoms with Gasteiger partial charge >= 0.3 is 12.0 Å². The number of nitrogens with zero attached hydrogens (tertiary/aromatic N) is 2. The lowest BCUT2D eigenvalue weighted by Crippen LogP contribution is -2.55. The summed E-state index contributed by atoms with van der Waals surface area (Å²) in [6.45, 7) is 3.88. The highest BCUT2D eigenvalue weighted by Crippen LogP contribution is 2.27. The maximum absolute atomic E-state index is 12.5. The number of aliphatic hydroxyl groups excluding tert-OH is 1. The van der Waals surface area contributed by atoms with Crippen LogP contribution in [0.15, 0.2) is 0 Å². The van der Waals surface area contributed by atoms with Crippen LogP contribution in [0, 0.1) is 11.8 Å². The first-order chi connectivity index (χ1) is 9.54. The van der Waals surface area contributed by atoms with Crippen molar-refractivity contribution in [2.24, 2.45) is 11.8 Å². The summed E-state index contributed by atoms with van der Waals surface area (Å²) in [7, 11) is 0. The minimum atomic E-state index is -0.906. The zero-order valence-corrected chi connectivity index (χ0v) is 12.0. The maximum Gasteiger partial charge on any atom is 0.326 e. The first-order valence-corrected chi connectivity index (χ1v) is 7.43. The van der Waals surface area contributed by atoms with Crippen molar-refractivity contribution in [2.75, 3.05) is 26.2 Å². The molecule has 2 aliphatic heterocycles. The van der Waals surface area contributed by atoms with Crippen LogP contribution in [0.2, 0.25) is 0 Å². The summed E-state index contributed by atoms with van der Waals surface area (Å²) in [4.78, 5) is 27.2. The van der Waals surface area contributed by atoms with Gasteiger partial charge in [0.05, 0.1) is 0 Å². The van der Waals surface area contributed by atoms with Crippen molar-refractivity contribution in [3.63, 3.8) is 0 Å². The van der Waals surface area contributed by atoms with Crippen molar-refractivity contribution in [1.29, 1.82) is 0 Å². The Hall–Kier alpha value is -1.30. The van der Waals surface area contributed by atoms with E-state index in [-0.39, 0.29) is 18.6 Å². The molecule has 0 aliphatic carbocycles. The number of carboxylic acids is 1. The van der Waals surface area contributed by atoms with Gasteiger partial charge in [-0.3, -0.25) is 0 Å². The predicted molar refractivity (Wildman–Crippen MR) is 73.3 cm³/mol. The van der Waals surface area contributed by atoms with Crippen molar-refractivity contribution < 1.29 is 19.8 Å². The molecular formula is C14H24N2O4. The van der Waals surface area contributed by atoms with E-state index < -0.39 is 12.0 Å². The third-order valence-corrected chi connectivity index (χ3v) is 4.53. The highest BCUT2D eigenvalue weighted by Gasteiger charge is 2.40. The van der Waals surface area contributed by atoms with E-state index in [1.165, 1.54) is 4.90 Å². The van der Waals surface area contributed by atoms with Crippen molar-refractivity contribution in [3.8, 4) is 0 Å². The summed E-state index contributed by atoms with van der Waals surface area (Å²) < 4.78 is 0. The lowest BCUT2D eigenvalue weighted by atomic mass is 9.91. The molecule has 6 heteroatoms. The molecule has 0 saturated carbocycles. The van der Waals surface area contributed by atoms with Crippen molar-refractivity contribution in [2.45, 2.75) is 38.6 Å². The van der Waals surface area contributed by atoms with Gasteiger partial charge in [0.25, 0.3) is 0 Å². The fourth-order valence-corrected chi connectivity index (χ4v) is 3.39. The van der Waals surface area contributed by atoms with Gasteiger partial charge in [0, 0.05) is 26.2 Å². The number of hydrogen-bond acceptors (Lipinski definition) is 3. The number of aliphatic hydroxyl groups is 1. The molecule has 2 saturated heterocycles. The monoisotopic (exact) mass is 284 g/mol. The highest BCUT2D eigenvalue weighted by molar-refractivity contribution is 5.83. The Balaban J connectivity index is 2.02. The SMILES string of the molecule is CC1CCCN(C(=O)N2CCC(CCO)C2)C1C(=O)O. The molecule has 0 aromatic carbocycles. The molecule has 2 heterocycles. The zero-order chi connectivity index (χ0) is 14.7. The molecule has 2 fully saturated rings. The highest BCUT2D eigenvalue weighted by atomic mass is 16.4. The minimum Gasteiger partial charge on any atom is -0.480 e. The minimum absolute atomic E-state index is 0.000965. The van der Waals surface area contributed by atoms with Gasteiger partial charge in [-0.1, -0.05) is 6.92 Å². The van der Waals surface area contributed by atoms with Crippen LogP contribution in [0.25, 0.3) is 0 Å². The van der Waals surface area contributed by atoms with Gasteiger partial charge in [0.2, 0.25) is 0 Å². The second-order valence-corrected chi connectivity index (χ2v) is 5.99. The lowest BCUT2D eigenvalue weighted by Gasteiger charge is -2.39. The number of carbonyl (C=O) groups is 2. The van der Waals surface area contributed by atoms with Gasteiger partial charge in [-0.25, -0.2) is 9.59 Å². The number of rotatable bonds is 3. The van der Waals surface area contributed by atoms with Gasteiger partial charge in [-0.2, -0.15) is 0 Å². The quantitative estimate of drug-likeness (QED) is 0.810. The van der Waals surface area contributed by atoms with Gasteiger partial charge in [-0.15, -0.1) is 0 Å². The lowest BCUT2D eigenvalue weighted by molar-refractivity contribution is -0.145. The Bertz CT molecular complexity index is 374. The smallest absolute Gasteiger partial charge is 0.326 e. The molecule has 0 radical (unpaired) electrons. The van der Waals surface area contributed by atoms with E-state index in [9.17, 15) is 14.7 Å². The summed E-state index contributed by atoms with van der Waals surface area (Å²) in [5, 5.41) is 18.3. The van der Waals surface area contributed by atoms with Crippen molar-refractivity contribution in [3.05, 3.63) is 0 Å². The first-order valence-electron chi connectivity index (χ1n) is 7.43. The Kier molecular flexibility index (Phi) is 4.86. The number of urea groups is 1. The number of hydrogen-bond donors (Lipinski definition) is 2. The number of amides is 2. The van der Waals surface area contributed by atoms with Crippen LogP contribution in [-0.4, -0.2) is 64.3 Å².